The van der Waals surface area contributed by atoms with Crippen molar-refractivity contribution in [1.29, 1.82) is 0 Å². The predicted molar refractivity (Wildman–Crippen MR) is 66.8 cm³/mol. The van der Waals surface area contributed by atoms with Gasteiger partial charge in [-0.1, -0.05) is 24.3 Å². The molecule has 1 unspecified atom stereocenters. The highest BCUT2D eigenvalue weighted by Crippen LogP contribution is 2.30. The molecule has 3 rings (SSSR count). The summed E-state index contributed by atoms with van der Waals surface area (Å²) in [6.45, 7) is 0. The van der Waals surface area contributed by atoms with E-state index in [2.05, 4.69) is 27.8 Å². The summed E-state index contributed by atoms with van der Waals surface area (Å²) >= 11 is 6.22. The molecule has 0 N–H and O–H groups in total. The monoisotopic (exact) mass is 232 g/mol. The number of halogens is 1. The van der Waals surface area contributed by atoms with Crippen LogP contribution in [0.15, 0.2) is 36.4 Å². The zero-order valence-corrected chi connectivity index (χ0v) is 9.69. The highest BCUT2D eigenvalue weighted by Gasteiger charge is 2.16. The number of benzene rings is 1. The molecule has 3 heteroatoms. The van der Waals surface area contributed by atoms with Gasteiger partial charge in [0.05, 0.1) is 17.1 Å². The summed E-state index contributed by atoms with van der Waals surface area (Å²) in [4.78, 5) is 4.38. The Hall–Kier alpha value is -1.28. The van der Waals surface area contributed by atoms with E-state index in [1.54, 1.807) is 0 Å². The van der Waals surface area contributed by atoms with Crippen molar-refractivity contribution in [2.45, 2.75) is 25.3 Å². The van der Waals surface area contributed by atoms with Crippen LogP contribution < -0.4 is 0 Å². The van der Waals surface area contributed by atoms with Crippen LogP contribution in [0.1, 0.15) is 25.3 Å². The van der Waals surface area contributed by atoms with Gasteiger partial charge in [0.25, 0.3) is 0 Å². The van der Waals surface area contributed by atoms with Crippen LogP contribution in [0.25, 0.3) is 11.0 Å². The maximum absolute atomic E-state index is 6.22. The van der Waals surface area contributed by atoms with E-state index in [0.717, 1.165) is 17.5 Å². The molecule has 0 saturated heterocycles. The van der Waals surface area contributed by atoms with Crippen molar-refractivity contribution in [3.05, 3.63) is 41.7 Å². The topological polar surface area (TPSA) is 17.8 Å². The van der Waals surface area contributed by atoms with Gasteiger partial charge in [0.1, 0.15) is 0 Å². The molecule has 82 valence electrons. The summed E-state index contributed by atoms with van der Waals surface area (Å²) in [5.74, 6) is 0. The minimum absolute atomic E-state index is 0.369. The van der Waals surface area contributed by atoms with Crippen molar-refractivity contribution in [2.24, 2.45) is 0 Å². The molecule has 1 aromatic heterocycles. The molecule has 1 aliphatic rings. The lowest BCUT2D eigenvalue weighted by Gasteiger charge is -2.19. The van der Waals surface area contributed by atoms with Crippen molar-refractivity contribution >= 4 is 22.6 Å². The van der Waals surface area contributed by atoms with Crippen molar-refractivity contribution < 1.29 is 0 Å². The molecule has 2 aromatic rings. The number of nitrogens with zero attached hydrogens (tertiary/aromatic N) is 2. The van der Waals surface area contributed by atoms with Crippen molar-refractivity contribution in [1.82, 2.24) is 9.55 Å². The summed E-state index contributed by atoms with van der Waals surface area (Å²) in [7, 11) is 0. The largest absolute Gasteiger partial charge is 0.308 e. The van der Waals surface area contributed by atoms with Crippen LogP contribution in [0, 0.1) is 0 Å². The van der Waals surface area contributed by atoms with Gasteiger partial charge < -0.3 is 4.57 Å². The third kappa shape index (κ3) is 1.54. The molecule has 0 saturated carbocycles. The second kappa shape index (κ2) is 3.95. The van der Waals surface area contributed by atoms with Gasteiger partial charge in [0, 0.05) is 0 Å². The Morgan fingerprint density at radius 3 is 3.00 bits per heavy atom. The molecule has 0 amide bonds. The maximum Gasteiger partial charge on any atom is 0.204 e. The van der Waals surface area contributed by atoms with Crippen LogP contribution in [0.3, 0.4) is 0 Å². The molecule has 0 radical (unpaired) electrons. The van der Waals surface area contributed by atoms with Gasteiger partial charge in [-0.15, -0.1) is 0 Å². The Labute approximate surface area is 99.5 Å². The van der Waals surface area contributed by atoms with E-state index >= 15 is 0 Å². The molecule has 1 atom stereocenters. The molecule has 1 aliphatic carbocycles. The first-order valence-corrected chi connectivity index (χ1v) is 6.03. The lowest BCUT2D eigenvalue weighted by Crippen LogP contribution is -2.08. The van der Waals surface area contributed by atoms with Gasteiger partial charge in [-0.25, -0.2) is 4.98 Å². The maximum atomic E-state index is 6.22. The average Bonchev–Trinajstić information content (AvgIpc) is 2.66. The van der Waals surface area contributed by atoms with Crippen LogP contribution in [-0.2, 0) is 0 Å². The average molecular weight is 233 g/mol. The number of fused-ring (bicyclic) bond motifs is 1. The number of aromatic nitrogens is 2. The highest BCUT2D eigenvalue weighted by molar-refractivity contribution is 6.29. The smallest absolute Gasteiger partial charge is 0.204 e. The Balaban J connectivity index is 2.17. The Morgan fingerprint density at radius 2 is 2.19 bits per heavy atom. The first-order chi connectivity index (χ1) is 7.86. The standard InChI is InChI=1S/C13H13ClN2/c14-13-15-11-8-4-5-9-12(11)16(13)10-6-2-1-3-7-10/h2,4-6,8-10H,1,3,7H2. The molecule has 0 fully saturated rings. The Morgan fingerprint density at radius 1 is 1.31 bits per heavy atom. The minimum atomic E-state index is 0.369. The van der Waals surface area contributed by atoms with Gasteiger partial charge in [-0.3, -0.25) is 0 Å². The van der Waals surface area contributed by atoms with E-state index in [4.69, 9.17) is 11.6 Å². The first kappa shape index (κ1) is 9.91. The quantitative estimate of drug-likeness (QED) is 0.681. The van der Waals surface area contributed by atoms with Gasteiger partial charge in [-0.2, -0.15) is 0 Å². The van der Waals surface area contributed by atoms with E-state index in [-0.39, 0.29) is 0 Å². The zero-order chi connectivity index (χ0) is 11.0. The van der Waals surface area contributed by atoms with Crippen molar-refractivity contribution in [2.75, 3.05) is 0 Å². The molecular formula is C13H13ClN2. The van der Waals surface area contributed by atoms with Gasteiger partial charge in [0.2, 0.25) is 5.28 Å². The van der Waals surface area contributed by atoms with Crippen LogP contribution >= 0.6 is 11.6 Å². The molecule has 1 aromatic carbocycles. The number of hydrogen-bond donors (Lipinski definition) is 0. The van der Waals surface area contributed by atoms with E-state index in [0.29, 0.717) is 11.3 Å². The second-order valence-electron chi connectivity index (χ2n) is 4.17. The fourth-order valence-electron chi connectivity index (χ4n) is 2.34. The second-order valence-corrected chi connectivity index (χ2v) is 4.50. The van der Waals surface area contributed by atoms with Crippen LogP contribution in [0.5, 0.6) is 0 Å². The number of hydrogen-bond acceptors (Lipinski definition) is 1. The van der Waals surface area contributed by atoms with E-state index in [1.165, 1.54) is 12.8 Å². The van der Waals surface area contributed by atoms with Crippen LogP contribution in [0.4, 0.5) is 0 Å². The fourth-order valence-corrected chi connectivity index (χ4v) is 2.65. The summed E-state index contributed by atoms with van der Waals surface area (Å²) in [5, 5.41) is 0.595. The third-order valence-electron chi connectivity index (χ3n) is 3.11. The van der Waals surface area contributed by atoms with Crippen molar-refractivity contribution in [3.63, 3.8) is 0 Å². The van der Waals surface area contributed by atoms with E-state index < -0.39 is 0 Å². The van der Waals surface area contributed by atoms with Gasteiger partial charge in [-0.05, 0) is 43.0 Å². The minimum Gasteiger partial charge on any atom is -0.308 e. The molecule has 16 heavy (non-hydrogen) atoms. The summed E-state index contributed by atoms with van der Waals surface area (Å²) in [5.41, 5.74) is 2.11. The zero-order valence-electron chi connectivity index (χ0n) is 8.94. The van der Waals surface area contributed by atoms with Gasteiger partial charge >= 0.3 is 0 Å². The van der Waals surface area contributed by atoms with E-state index in [9.17, 15) is 0 Å². The van der Waals surface area contributed by atoms with Crippen molar-refractivity contribution in [3.8, 4) is 0 Å². The molecule has 1 heterocycles. The highest BCUT2D eigenvalue weighted by atomic mass is 35.5. The number of para-hydroxylation sites is 2. The molecule has 0 bridgehead atoms. The number of allylic oxidation sites excluding steroid dienone is 2. The van der Waals surface area contributed by atoms with E-state index in [1.807, 2.05) is 18.2 Å². The Bertz CT molecular complexity index is 542. The third-order valence-corrected chi connectivity index (χ3v) is 3.38. The molecule has 0 aliphatic heterocycles. The molecule has 0 spiro atoms. The SMILES string of the molecule is Clc1nc2ccccc2n1C1C=CCCC1. The van der Waals surface area contributed by atoms with Gasteiger partial charge in [0.15, 0.2) is 0 Å². The summed E-state index contributed by atoms with van der Waals surface area (Å²) in [6.07, 6.45) is 8.03. The predicted octanol–water partition coefficient (Wildman–Crippen LogP) is 3.97. The normalized spacial score (nSPS) is 20.4. The van der Waals surface area contributed by atoms with Crippen LogP contribution in [0.2, 0.25) is 5.28 Å². The summed E-state index contributed by atoms with van der Waals surface area (Å²) in [6, 6.07) is 8.48. The molecular weight excluding hydrogens is 220 g/mol. The Kier molecular flexibility index (Phi) is 2.44. The fraction of sp³-hybridized carbons (Fsp3) is 0.308. The summed E-state index contributed by atoms with van der Waals surface area (Å²) < 4.78 is 2.13. The number of rotatable bonds is 1. The number of imidazole rings is 1. The van der Waals surface area contributed by atoms with Crippen LogP contribution in [-0.4, -0.2) is 9.55 Å². The molecule has 2 nitrogen and oxygen atoms in total. The first-order valence-electron chi connectivity index (χ1n) is 5.65. The lowest BCUT2D eigenvalue weighted by molar-refractivity contribution is 0.529. The lowest BCUT2D eigenvalue weighted by atomic mass is 10.0.